The van der Waals surface area contributed by atoms with Gasteiger partial charge in [-0.15, -0.1) is 0 Å². The molecule has 1 amide bonds. The largest absolute Gasteiger partial charge is 0.481 e. The number of carbonyl (C=O) groups excluding carboxylic acids is 1. The Hall–Kier alpha value is -1.55. The molecule has 0 atom stereocenters. The van der Waals surface area contributed by atoms with E-state index in [-0.39, 0.29) is 12.3 Å². The first kappa shape index (κ1) is 16.5. The van der Waals surface area contributed by atoms with Crippen molar-refractivity contribution in [2.24, 2.45) is 0 Å². The minimum atomic E-state index is -0.845. The molecule has 0 saturated heterocycles. The third-order valence-corrected chi connectivity index (χ3v) is 3.58. The summed E-state index contributed by atoms with van der Waals surface area (Å²) in [6.07, 6.45) is 0.521. The molecule has 1 N–H and O–H groups in total. The van der Waals surface area contributed by atoms with Gasteiger partial charge in [-0.3, -0.25) is 9.59 Å². The summed E-state index contributed by atoms with van der Waals surface area (Å²) in [7, 11) is 1.70. The van der Waals surface area contributed by atoms with Crippen LogP contribution in [0.4, 0.5) is 0 Å². The van der Waals surface area contributed by atoms with Gasteiger partial charge < -0.3 is 10.0 Å². The predicted octanol–water partition coefficient (Wildman–Crippen LogP) is 2.94. The van der Waals surface area contributed by atoms with Crippen molar-refractivity contribution in [1.29, 1.82) is 0 Å². The molecule has 0 spiro atoms. The average Bonchev–Trinajstić information content (AvgIpc) is 2.37. The maximum Gasteiger partial charge on any atom is 0.303 e. The fraction of sp³-hybridized carbons (Fsp3) is 0.467. The quantitative estimate of drug-likeness (QED) is 0.878. The molecule has 5 heteroatoms. The number of hydrogen-bond donors (Lipinski definition) is 1. The second-order valence-electron chi connectivity index (χ2n) is 5.36. The van der Waals surface area contributed by atoms with E-state index in [1.807, 2.05) is 26.0 Å². The molecule has 0 aliphatic carbocycles. The molecule has 0 heterocycles. The van der Waals surface area contributed by atoms with Gasteiger partial charge in [-0.1, -0.05) is 23.7 Å². The fourth-order valence-corrected chi connectivity index (χ4v) is 2.16. The molecule has 0 bridgehead atoms. The summed E-state index contributed by atoms with van der Waals surface area (Å²) in [5.41, 5.74) is 0.222. The molecule has 0 fully saturated rings. The SMILES string of the molecule is CN(CCCC(=O)O)C(=O)C(C)(C)c1ccc(Cl)cc1. The molecule has 0 aliphatic heterocycles. The minimum Gasteiger partial charge on any atom is -0.481 e. The summed E-state index contributed by atoms with van der Waals surface area (Å²) in [6.45, 7) is 4.14. The molecule has 110 valence electrons. The van der Waals surface area contributed by atoms with Gasteiger partial charge in [0.15, 0.2) is 0 Å². The number of carbonyl (C=O) groups is 2. The first-order chi connectivity index (χ1) is 9.25. The zero-order chi connectivity index (χ0) is 15.3. The molecule has 4 nitrogen and oxygen atoms in total. The lowest BCUT2D eigenvalue weighted by Gasteiger charge is -2.30. The van der Waals surface area contributed by atoms with Crippen molar-refractivity contribution >= 4 is 23.5 Å². The molecule has 0 aromatic heterocycles. The third kappa shape index (κ3) is 4.23. The maximum absolute atomic E-state index is 12.5. The maximum atomic E-state index is 12.5. The van der Waals surface area contributed by atoms with Gasteiger partial charge >= 0.3 is 5.97 Å². The Bertz CT molecular complexity index is 482. The van der Waals surface area contributed by atoms with Crippen molar-refractivity contribution in [3.05, 3.63) is 34.9 Å². The number of rotatable bonds is 6. The number of aliphatic carboxylic acids is 1. The first-order valence-corrected chi connectivity index (χ1v) is 6.86. The highest BCUT2D eigenvalue weighted by molar-refractivity contribution is 6.30. The lowest BCUT2D eigenvalue weighted by atomic mass is 9.83. The number of nitrogens with zero attached hydrogens (tertiary/aromatic N) is 1. The molecule has 0 radical (unpaired) electrons. The van der Waals surface area contributed by atoms with Crippen LogP contribution in [-0.2, 0) is 15.0 Å². The Balaban J connectivity index is 2.73. The molecule has 1 aromatic rings. The Morgan fingerprint density at radius 2 is 1.80 bits per heavy atom. The Labute approximate surface area is 124 Å². The van der Waals surface area contributed by atoms with Gasteiger partial charge in [-0.05, 0) is 38.0 Å². The summed E-state index contributed by atoms with van der Waals surface area (Å²) < 4.78 is 0. The first-order valence-electron chi connectivity index (χ1n) is 6.48. The van der Waals surface area contributed by atoms with Crippen LogP contribution in [0.5, 0.6) is 0 Å². The van der Waals surface area contributed by atoms with Crippen LogP contribution in [-0.4, -0.2) is 35.5 Å². The van der Waals surface area contributed by atoms with Crippen LogP contribution in [0.3, 0.4) is 0 Å². The van der Waals surface area contributed by atoms with Crippen LogP contribution < -0.4 is 0 Å². The van der Waals surface area contributed by atoms with Crippen molar-refractivity contribution < 1.29 is 14.7 Å². The van der Waals surface area contributed by atoms with E-state index >= 15 is 0 Å². The minimum absolute atomic E-state index is 0.0368. The van der Waals surface area contributed by atoms with Crippen molar-refractivity contribution in [2.45, 2.75) is 32.1 Å². The molecular weight excluding hydrogens is 278 g/mol. The van der Waals surface area contributed by atoms with Crippen molar-refractivity contribution in [3.63, 3.8) is 0 Å². The van der Waals surface area contributed by atoms with Crippen LogP contribution in [0.15, 0.2) is 24.3 Å². The van der Waals surface area contributed by atoms with Crippen molar-refractivity contribution in [3.8, 4) is 0 Å². The van der Waals surface area contributed by atoms with E-state index in [0.29, 0.717) is 18.0 Å². The monoisotopic (exact) mass is 297 g/mol. The predicted molar refractivity (Wildman–Crippen MR) is 79.0 cm³/mol. The lowest BCUT2D eigenvalue weighted by molar-refractivity contribution is -0.139. The van der Waals surface area contributed by atoms with Crippen LogP contribution in [0, 0.1) is 0 Å². The smallest absolute Gasteiger partial charge is 0.303 e. The summed E-state index contributed by atoms with van der Waals surface area (Å²) in [5.74, 6) is -0.881. The van der Waals surface area contributed by atoms with Crippen LogP contribution in [0.1, 0.15) is 32.3 Å². The van der Waals surface area contributed by atoms with E-state index in [1.165, 1.54) is 0 Å². The molecule has 0 unspecified atom stereocenters. The summed E-state index contributed by atoms with van der Waals surface area (Å²) >= 11 is 5.85. The van der Waals surface area contributed by atoms with Gasteiger partial charge in [0.25, 0.3) is 0 Å². The molecule has 1 aromatic carbocycles. The highest BCUT2D eigenvalue weighted by Gasteiger charge is 2.32. The van der Waals surface area contributed by atoms with E-state index < -0.39 is 11.4 Å². The van der Waals surface area contributed by atoms with Crippen molar-refractivity contribution in [1.82, 2.24) is 4.90 Å². The van der Waals surface area contributed by atoms with Gasteiger partial charge in [0.2, 0.25) is 5.91 Å². The van der Waals surface area contributed by atoms with E-state index in [9.17, 15) is 9.59 Å². The number of benzene rings is 1. The van der Waals surface area contributed by atoms with Gasteiger partial charge in [-0.2, -0.15) is 0 Å². The van der Waals surface area contributed by atoms with Gasteiger partial charge in [0.05, 0.1) is 5.41 Å². The van der Waals surface area contributed by atoms with Gasteiger partial charge in [0, 0.05) is 25.0 Å². The number of carboxylic acid groups (broad SMARTS) is 1. The number of carboxylic acids is 1. The number of likely N-dealkylation sites (N-methyl/N-ethyl adjacent to an activating group) is 1. The number of halogens is 1. The lowest BCUT2D eigenvalue weighted by Crippen LogP contribution is -2.41. The summed E-state index contributed by atoms with van der Waals surface area (Å²) in [6, 6.07) is 7.20. The highest BCUT2D eigenvalue weighted by Crippen LogP contribution is 2.26. The van der Waals surface area contributed by atoms with Crippen molar-refractivity contribution in [2.75, 3.05) is 13.6 Å². The summed E-state index contributed by atoms with van der Waals surface area (Å²) in [4.78, 5) is 24.5. The molecule has 0 aliphatic rings. The fourth-order valence-electron chi connectivity index (χ4n) is 2.04. The second kappa shape index (κ2) is 6.75. The average molecular weight is 298 g/mol. The zero-order valence-corrected chi connectivity index (χ0v) is 12.8. The Morgan fingerprint density at radius 1 is 1.25 bits per heavy atom. The van der Waals surface area contributed by atoms with Crippen LogP contribution in [0.25, 0.3) is 0 Å². The molecule has 20 heavy (non-hydrogen) atoms. The second-order valence-corrected chi connectivity index (χ2v) is 5.79. The van der Waals surface area contributed by atoms with Crippen LogP contribution >= 0.6 is 11.6 Å². The summed E-state index contributed by atoms with van der Waals surface area (Å²) in [5, 5.41) is 9.24. The molecule has 0 saturated carbocycles. The standard InChI is InChI=1S/C15H20ClNO3/c1-15(2,11-6-8-12(16)9-7-11)14(20)17(3)10-4-5-13(18)19/h6-9H,4-5,10H2,1-3H3,(H,18,19). The molecule has 1 rings (SSSR count). The zero-order valence-electron chi connectivity index (χ0n) is 12.0. The number of hydrogen-bond acceptors (Lipinski definition) is 2. The van der Waals surface area contributed by atoms with Gasteiger partial charge in [0.1, 0.15) is 0 Å². The number of amides is 1. The third-order valence-electron chi connectivity index (χ3n) is 3.33. The van der Waals surface area contributed by atoms with E-state index in [4.69, 9.17) is 16.7 Å². The topological polar surface area (TPSA) is 57.6 Å². The highest BCUT2D eigenvalue weighted by atomic mass is 35.5. The van der Waals surface area contributed by atoms with Gasteiger partial charge in [-0.25, -0.2) is 0 Å². The molecular formula is C15H20ClNO3. The Kier molecular flexibility index (Phi) is 5.57. The van der Waals surface area contributed by atoms with Crippen LogP contribution in [0.2, 0.25) is 5.02 Å². The van der Waals surface area contributed by atoms with E-state index in [2.05, 4.69) is 0 Å². The normalized spacial score (nSPS) is 11.2. The Morgan fingerprint density at radius 3 is 2.30 bits per heavy atom. The van der Waals surface area contributed by atoms with E-state index in [0.717, 1.165) is 5.56 Å². The van der Waals surface area contributed by atoms with E-state index in [1.54, 1.807) is 24.1 Å².